The van der Waals surface area contributed by atoms with E-state index in [-0.39, 0.29) is 0 Å². The summed E-state index contributed by atoms with van der Waals surface area (Å²) in [6, 6.07) is 0. The van der Waals surface area contributed by atoms with Crippen LogP contribution in [0.25, 0.3) is 0 Å². The van der Waals surface area contributed by atoms with Gasteiger partial charge in [-0.15, -0.1) is 12.3 Å². The first-order valence-corrected chi connectivity index (χ1v) is 3.99. The smallest absolute Gasteiger partial charge is 0.0899 e. The topological polar surface area (TPSA) is 32.7 Å². The number of likely N-dealkylation sites (N-methyl/N-ethyl adjacent to an activating group) is 1. The Morgan fingerprint density at radius 2 is 2.33 bits per heavy atom. The molecule has 0 saturated heterocycles. The van der Waals surface area contributed by atoms with E-state index in [1.165, 1.54) is 0 Å². The lowest BCUT2D eigenvalue weighted by Gasteiger charge is -2.18. The van der Waals surface area contributed by atoms with Crippen molar-refractivity contribution in [3.8, 4) is 12.3 Å². The van der Waals surface area contributed by atoms with E-state index in [2.05, 4.69) is 5.92 Å². The lowest BCUT2D eigenvalue weighted by Crippen LogP contribution is -2.32. The van der Waals surface area contributed by atoms with Crippen LogP contribution in [0.2, 0.25) is 0 Å². The van der Waals surface area contributed by atoms with E-state index in [1.54, 1.807) is 7.11 Å². The Morgan fingerprint density at radius 1 is 1.67 bits per heavy atom. The number of aliphatic hydroxyl groups is 1. The van der Waals surface area contributed by atoms with Gasteiger partial charge in [-0.1, -0.05) is 0 Å². The van der Waals surface area contributed by atoms with Gasteiger partial charge in [-0.3, -0.25) is 0 Å². The summed E-state index contributed by atoms with van der Waals surface area (Å²) in [5, 5.41) is 9.30. The van der Waals surface area contributed by atoms with Gasteiger partial charge in [-0.25, -0.2) is 0 Å². The number of hydrogen-bond donors (Lipinski definition) is 1. The molecule has 0 bridgehead atoms. The highest BCUT2D eigenvalue weighted by molar-refractivity contribution is 4.84. The fourth-order valence-corrected chi connectivity index (χ4v) is 0.952. The number of aliphatic hydroxyl groups excluding tert-OH is 1. The van der Waals surface area contributed by atoms with E-state index in [4.69, 9.17) is 11.2 Å². The number of hydrogen-bond acceptors (Lipinski definition) is 3. The van der Waals surface area contributed by atoms with Crippen LogP contribution in [0.1, 0.15) is 6.42 Å². The predicted octanol–water partition coefficient (Wildman–Crippen LogP) is -0.0512. The van der Waals surface area contributed by atoms with Gasteiger partial charge in [0.2, 0.25) is 0 Å². The number of rotatable bonds is 6. The largest absolute Gasteiger partial charge is 0.389 e. The Kier molecular flexibility index (Phi) is 6.78. The minimum absolute atomic E-state index is 0.375. The molecule has 0 aromatic heterocycles. The van der Waals surface area contributed by atoms with Crippen molar-refractivity contribution in [1.29, 1.82) is 0 Å². The Morgan fingerprint density at radius 3 is 2.83 bits per heavy atom. The Bertz CT molecular complexity index is 142. The molecule has 0 fully saturated rings. The van der Waals surface area contributed by atoms with E-state index < -0.39 is 6.10 Å². The van der Waals surface area contributed by atoms with Gasteiger partial charge < -0.3 is 14.7 Å². The molecule has 3 heteroatoms. The number of terminal acetylenes is 1. The van der Waals surface area contributed by atoms with Gasteiger partial charge in [-0.05, 0) is 7.05 Å². The summed E-state index contributed by atoms with van der Waals surface area (Å²) >= 11 is 0. The van der Waals surface area contributed by atoms with E-state index in [9.17, 15) is 5.11 Å². The molecule has 0 aromatic rings. The van der Waals surface area contributed by atoms with Gasteiger partial charge in [0.25, 0.3) is 0 Å². The van der Waals surface area contributed by atoms with Crippen molar-refractivity contribution in [1.82, 2.24) is 4.90 Å². The van der Waals surface area contributed by atoms with Gasteiger partial charge in [0.1, 0.15) is 0 Å². The minimum Gasteiger partial charge on any atom is -0.389 e. The maximum atomic E-state index is 9.30. The van der Waals surface area contributed by atoms with Crippen molar-refractivity contribution in [2.75, 3.05) is 33.9 Å². The second-order valence-electron chi connectivity index (χ2n) is 2.83. The fraction of sp³-hybridized carbons (Fsp3) is 0.778. The molecule has 3 nitrogen and oxygen atoms in total. The van der Waals surface area contributed by atoms with E-state index in [0.29, 0.717) is 13.2 Å². The van der Waals surface area contributed by atoms with Gasteiger partial charge in [0.15, 0.2) is 0 Å². The van der Waals surface area contributed by atoms with Gasteiger partial charge in [0, 0.05) is 26.6 Å². The first kappa shape index (κ1) is 11.4. The van der Waals surface area contributed by atoms with Crippen LogP contribution in [0.3, 0.4) is 0 Å². The van der Waals surface area contributed by atoms with Crippen molar-refractivity contribution in [3.05, 3.63) is 0 Å². The highest BCUT2D eigenvalue weighted by Gasteiger charge is 2.06. The van der Waals surface area contributed by atoms with Crippen LogP contribution >= 0.6 is 0 Å². The molecule has 1 unspecified atom stereocenters. The molecule has 0 radical (unpaired) electrons. The first-order valence-electron chi connectivity index (χ1n) is 3.99. The zero-order valence-electron chi connectivity index (χ0n) is 7.79. The summed E-state index contributed by atoms with van der Waals surface area (Å²) in [5.74, 6) is 2.55. The average Bonchev–Trinajstić information content (AvgIpc) is 2.01. The first-order chi connectivity index (χ1) is 5.70. The van der Waals surface area contributed by atoms with Crippen LogP contribution in [0.15, 0.2) is 0 Å². The highest BCUT2D eigenvalue weighted by Crippen LogP contribution is 1.91. The zero-order valence-corrected chi connectivity index (χ0v) is 7.79. The van der Waals surface area contributed by atoms with Crippen LogP contribution in [0.4, 0.5) is 0 Å². The summed E-state index contributed by atoms with van der Waals surface area (Å²) in [6.45, 7) is 1.80. The normalized spacial score (nSPS) is 12.9. The third-order valence-electron chi connectivity index (χ3n) is 1.52. The quantitative estimate of drug-likeness (QED) is 0.569. The lowest BCUT2D eigenvalue weighted by molar-refractivity contribution is 0.0437. The molecular formula is C9H17NO2. The summed E-state index contributed by atoms with van der Waals surface area (Å²) in [7, 11) is 3.50. The fourth-order valence-electron chi connectivity index (χ4n) is 0.952. The van der Waals surface area contributed by atoms with Gasteiger partial charge in [-0.2, -0.15) is 0 Å². The van der Waals surface area contributed by atoms with E-state index in [0.717, 1.165) is 13.0 Å². The van der Waals surface area contributed by atoms with Crippen molar-refractivity contribution < 1.29 is 9.84 Å². The molecule has 0 amide bonds. The molecule has 0 heterocycles. The van der Waals surface area contributed by atoms with Crippen molar-refractivity contribution >= 4 is 0 Å². The van der Waals surface area contributed by atoms with E-state index >= 15 is 0 Å². The van der Waals surface area contributed by atoms with Crippen LogP contribution in [0, 0.1) is 12.3 Å². The monoisotopic (exact) mass is 171 g/mol. The Labute approximate surface area is 74.3 Å². The summed E-state index contributed by atoms with van der Waals surface area (Å²) < 4.78 is 4.79. The van der Waals surface area contributed by atoms with Crippen molar-refractivity contribution in [2.45, 2.75) is 12.5 Å². The lowest BCUT2D eigenvalue weighted by atomic mass is 10.3. The third kappa shape index (κ3) is 6.17. The highest BCUT2D eigenvalue weighted by atomic mass is 16.5. The molecule has 0 saturated carbocycles. The zero-order chi connectivity index (χ0) is 9.40. The van der Waals surface area contributed by atoms with Gasteiger partial charge >= 0.3 is 0 Å². The average molecular weight is 171 g/mol. The molecular weight excluding hydrogens is 154 g/mol. The van der Waals surface area contributed by atoms with Gasteiger partial charge in [0.05, 0.1) is 12.7 Å². The molecule has 12 heavy (non-hydrogen) atoms. The minimum atomic E-state index is -0.419. The van der Waals surface area contributed by atoms with Crippen molar-refractivity contribution in [2.24, 2.45) is 0 Å². The molecule has 0 aliphatic carbocycles. The second-order valence-corrected chi connectivity index (χ2v) is 2.83. The molecule has 0 aliphatic rings. The molecule has 0 aliphatic heterocycles. The molecule has 0 aromatic carbocycles. The molecule has 70 valence electrons. The maximum Gasteiger partial charge on any atom is 0.0899 e. The van der Waals surface area contributed by atoms with Crippen LogP contribution in [0.5, 0.6) is 0 Å². The molecule has 1 N–H and O–H groups in total. The third-order valence-corrected chi connectivity index (χ3v) is 1.52. The van der Waals surface area contributed by atoms with Crippen molar-refractivity contribution in [3.63, 3.8) is 0 Å². The predicted molar refractivity (Wildman–Crippen MR) is 48.8 cm³/mol. The number of methoxy groups -OCH3 is 1. The number of nitrogens with zero attached hydrogens (tertiary/aromatic N) is 1. The standard InChI is InChI=1S/C9H17NO2/c1-4-5-6-10(2)7-9(11)8-12-3/h1,9,11H,5-8H2,2-3H3. The summed E-state index contributed by atoms with van der Waals surface area (Å²) in [4.78, 5) is 1.99. The van der Waals surface area contributed by atoms with E-state index in [1.807, 2.05) is 11.9 Å². The SMILES string of the molecule is C#CCCN(C)CC(O)COC. The molecule has 0 rings (SSSR count). The van der Waals surface area contributed by atoms with Crippen LogP contribution < -0.4 is 0 Å². The maximum absolute atomic E-state index is 9.30. The number of ether oxygens (including phenoxy) is 1. The molecule has 0 spiro atoms. The summed E-state index contributed by atoms with van der Waals surface area (Å²) in [5.41, 5.74) is 0. The Hall–Kier alpha value is -0.560. The Balaban J connectivity index is 3.41. The van der Waals surface area contributed by atoms with Crippen LogP contribution in [-0.2, 0) is 4.74 Å². The second kappa shape index (κ2) is 7.11. The molecule has 1 atom stereocenters. The summed E-state index contributed by atoms with van der Waals surface area (Å²) in [6.07, 6.45) is 5.40. The van der Waals surface area contributed by atoms with Crippen LogP contribution in [-0.4, -0.2) is 50.0 Å².